The predicted octanol–water partition coefficient (Wildman–Crippen LogP) is 4.45. The Balaban J connectivity index is 0.000000246. The van der Waals surface area contributed by atoms with Crippen LogP contribution < -0.4 is 4.89 Å². The lowest BCUT2D eigenvalue weighted by molar-refractivity contribution is -0.225. The van der Waals surface area contributed by atoms with Gasteiger partial charge in [-0.25, -0.2) is 0 Å². The molecule has 0 amide bonds. The van der Waals surface area contributed by atoms with Crippen LogP contribution in [0.4, 0.5) is 0 Å². The highest BCUT2D eigenvalue weighted by Gasteiger charge is 2.24. The smallest absolute Gasteiger partial charge is 0.171 e. The number of unbranched alkanes of at least 4 members (excludes halogenated alkanes) is 4. The van der Waals surface area contributed by atoms with Gasteiger partial charge in [0.2, 0.25) is 0 Å². The van der Waals surface area contributed by atoms with E-state index in [0.29, 0.717) is 0 Å². The zero-order chi connectivity index (χ0) is 15.5. The van der Waals surface area contributed by atoms with Gasteiger partial charge in [0.1, 0.15) is 6.10 Å². The molecular weight excluding hydrogens is 280 g/mol. The molecule has 1 saturated heterocycles. The summed E-state index contributed by atoms with van der Waals surface area (Å²) in [5.41, 5.74) is 1.21. The van der Waals surface area contributed by atoms with Crippen LogP contribution in [-0.4, -0.2) is 26.4 Å². The normalized spacial score (nSPS) is 19.8. The molecule has 1 aromatic carbocycles. The van der Waals surface area contributed by atoms with Crippen LogP contribution in [0, 0.1) is 0 Å². The van der Waals surface area contributed by atoms with E-state index in [1.54, 1.807) is 0 Å². The summed E-state index contributed by atoms with van der Waals surface area (Å²) in [6, 6.07) is 8.08. The molecule has 1 atom stereocenters. The lowest BCUT2D eigenvalue weighted by Crippen LogP contribution is -2.16. The Kier molecular flexibility index (Phi) is 8.31. The molecule has 1 unspecified atom stereocenters. The molecule has 1 aromatic rings. The van der Waals surface area contributed by atoms with Crippen molar-refractivity contribution in [1.82, 2.24) is 0 Å². The summed E-state index contributed by atoms with van der Waals surface area (Å²) in [6.45, 7) is 5.35. The fourth-order valence-corrected chi connectivity index (χ4v) is 2.56. The molecule has 0 radical (unpaired) electrons. The van der Waals surface area contributed by atoms with Crippen LogP contribution in [0.1, 0.15) is 57.1 Å². The van der Waals surface area contributed by atoms with Gasteiger partial charge in [0.25, 0.3) is 0 Å². The second-order valence-corrected chi connectivity index (χ2v) is 5.63. The van der Waals surface area contributed by atoms with E-state index in [4.69, 9.17) is 19.2 Å². The molecule has 0 aromatic heterocycles. The molecule has 4 nitrogen and oxygen atoms in total. The molecule has 4 heteroatoms. The van der Waals surface area contributed by atoms with Crippen molar-refractivity contribution in [3.05, 3.63) is 29.8 Å². The monoisotopic (exact) mass is 308 g/mol. The highest BCUT2D eigenvalue weighted by molar-refractivity contribution is 5.36. The standard InChI is InChI=1S/C14H20O2.C4H8O2/c1-2-3-4-5-6-10-13-12-9-7-8-11-14(12)16-15-13;1-2-6-4-3-5-1/h7-9,11,13H,2-6,10H2,1H3;1-4H2. The average Bonchev–Trinajstić information content (AvgIpc) is 3.00. The average molecular weight is 308 g/mol. The van der Waals surface area contributed by atoms with E-state index in [9.17, 15) is 0 Å². The minimum absolute atomic E-state index is 0.151. The summed E-state index contributed by atoms with van der Waals surface area (Å²) in [6.07, 6.45) is 7.73. The van der Waals surface area contributed by atoms with Gasteiger partial charge in [-0.05, 0) is 12.5 Å². The zero-order valence-electron chi connectivity index (χ0n) is 13.6. The molecule has 0 bridgehead atoms. The number of hydrogen-bond acceptors (Lipinski definition) is 4. The summed E-state index contributed by atoms with van der Waals surface area (Å²) in [4.78, 5) is 10.5. The SMILES string of the molecule is C1COCCO1.CCCCCCCC1OOc2ccccc21. The van der Waals surface area contributed by atoms with E-state index in [1.807, 2.05) is 18.2 Å². The molecule has 22 heavy (non-hydrogen) atoms. The minimum Gasteiger partial charge on any atom is -0.377 e. The molecule has 0 aliphatic carbocycles. The first-order valence-corrected chi connectivity index (χ1v) is 8.49. The van der Waals surface area contributed by atoms with Gasteiger partial charge in [-0.3, -0.25) is 0 Å². The van der Waals surface area contributed by atoms with Crippen molar-refractivity contribution >= 4 is 0 Å². The molecule has 0 saturated carbocycles. The Hall–Kier alpha value is -1.10. The van der Waals surface area contributed by atoms with Crippen molar-refractivity contribution in [3.63, 3.8) is 0 Å². The van der Waals surface area contributed by atoms with E-state index in [-0.39, 0.29) is 6.10 Å². The Labute approximate surface area is 133 Å². The second kappa shape index (κ2) is 10.6. The van der Waals surface area contributed by atoms with E-state index in [1.165, 1.54) is 37.7 Å². The Morgan fingerprint density at radius 1 is 0.909 bits per heavy atom. The molecule has 0 spiro atoms. The fourth-order valence-electron chi connectivity index (χ4n) is 2.56. The molecule has 1 fully saturated rings. The van der Waals surface area contributed by atoms with E-state index in [0.717, 1.165) is 38.6 Å². The molecule has 2 aliphatic heterocycles. The fraction of sp³-hybridized carbons (Fsp3) is 0.667. The van der Waals surface area contributed by atoms with Crippen molar-refractivity contribution in [2.24, 2.45) is 0 Å². The Morgan fingerprint density at radius 2 is 1.59 bits per heavy atom. The Morgan fingerprint density at radius 3 is 2.27 bits per heavy atom. The molecule has 3 rings (SSSR count). The van der Waals surface area contributed by atoms with Crippen LogP contribution in [0.15, 0.2) is 24.3 Å². The van der Waals surface area contributed by atoms with E-state index >= 15 is 0 Å². The van der Waals surface area contributed by atoms with Gasteiger partial charge < -0.3 is 14.4 Å². The number of rotatable bonds is 6. The number of para-hydroxylation sites is 1. The van der Waals surface area contributed by atoms with Gasteiger partial charge in [-0.15, -0.1) is 0 Å². The lowest BCUT2D eigenvalue weighted by Gasteiger charge is -2.09. The number of benzene rings is 1. The first-order chi connectivity index (χ1) is 10.9. The molecule has 124 valence electrons. The summed E-state index contributed by atoms with van der Waals surface area (Å²) >= 11 is 0. The van der Waals surface area contributed by atoms with Crippen molar-refractivity contribution in [2.75, 3.05) is 26.4 Å². The van der Waals surface area contributed by atoms with Crippen molar-refractivity contribution in [3.8, 4) is 5.75 Å². The van der Waals surface area contributed by atoms with Gasteiger partial charge in [-0.1, -0.05) is 57.2 Å². The third-order valence-electron chi connectivity index (χ3n) is 3.83. The zero-order valence-corrected chi connectivity index (χ0v) is 13.6. The molecular formula is C18H28O4. The lowest BCUT2D eigenvalue weighted by atomic mass is 10.0. The van der Waals surface area contributed by atoms with E-state index < -0.39 is 0 Å². The van der Waals surface area contributed by atoms with Gasteiger partial charge >= 0.3 is 0 Å². The van der Waals surface area contributed by atoms with Crippen LogP contribution in [0.3, 0.4) is 0 Å². The number of fused-ring (bicyclic) bond motifs is 1. The predicted molar refractivity (Wildman–Crippen MR) is 85.9 cm³/mol. The van der Waals surface area contributed by atoms with Gasteiger partial charge in [-0.2, -0.15) is 4.89 Å². The maximum atomic E-state index is 5.33. The van der Waals surface area contributed by atoms with E-state index in [2.05, 4.69) is 13.0 Å². The van der Waals surface area contributed by atoms with Crippen molar-refractivity contribution < 1.29 is 19.2 Å². The largest absolute Gasteiger partial charge is 0.377 e. The first kappa shape index (κ1) is 17.3. The summed E-state index contributed by atoms with van der Waals surface area (Å²) in [5.74, 6) is 0.890. The number of hydrogen-bond donors (Lipinski definition) is 0. The number of ether oxygens (including phenoxy) is 2. The van der Waals surface area contributed by atoms with Crippen molar-refractivity contribution in [1.29, 1.82) is 0 Å². The summed E-state index contributed by atoms with van der Waals surface area (Å²) < 4.78 is 9.89. The maximum absolute atomic E-state index is 5.33. The van der Waals surface area contributed by atoms with Crippen LogP contribution in [0.5, 0.6) is 5.75 Å². The van der Waals surface area contributed by atoms with Gasteiger partial charge in [0.15, 0.2) is 5.75 Å². The third-order valence-corrected chi connectivity index (χ3v) is 3.83. The van der Waals surface area contributed by atoms with Crippen LogP contribution in [0.2, 0.25) is 0 Å². The Bertz CT molecular complexity index is 392. The minimum atomic E-state index is 0.151. The molecule has 2 heterocycles. The molecule has 0 N–H and O–H groups in total. The van der Waals surface area contributed by atoms with Crippen LogP contribution >= 0.6 is 0 Å². The third kappa shape index (κ3) is 5.95. The quantitative estimate of drug-likeness (QED) is 0.575. The summed E-state index contributed by atoms with van der Waals surface area (Å²) in [7, 11) is 0. The van der Waals surface area contributed by atoms with Gasteiger partial charge in [0, 0.05) is 5.56 Å². The highest BCUT2D eigenvalue weighted by Crippen LogP contribution is 2.37. The second-order valence-electron chi connectivity index (χ2n) is 5.63. The first-order valence-electron chi connectivity index (χ1n) is 8.49. The van der Waals surface area contributed by atoms with Crippen LogP contribution in [0.25, 0.3) is 0 Å². The maximum Gasteiger partial charge on any atom is 0.171 e. The topological polar surface area (TPSA) is 36.9 Å². The summed E-state index contributed by atoms with van der Waals surface area (Å²) in [5, 5.41) is 0. The van der Waals surface area contributed by atoms with Gasteiger partial charge in [0.05, 0.1) is 26.4 Å². The van der Waals surface area contributed by atoms with Crippen LogP contribution in [-0.2, 0) is 14.4 Å². The van der Waals surface area contributed by atoms with Crippen molar-refractivity contribution in [2.45, 2.75) is 51.6 Å². The highest BCUT2D eigenvalue weighted by atomic mass is 17.2. The molecule has 2 aliphatic rings.